The summed E-state index contributed by atoms with van der Waals surface area (Å²) in [5.74, 6) is 1.62. The zero-order chi connectivity index (χ0) is 11.0. The standard InChI is InChI=1S/C14H14N2/c1-10-15-8-14(9-16-10)13-4-2-3-12(7-13)11-5-6-11/h2-4,7-9,11H,5-6H2,1H3. The number of benzene rings is 1. The summed E-state index contributed by atoms with van der Waals surface area (Å²) in [6.45, 7) is 1.91. The maximum Gasteiger partial charge on any atom is 0.125 e. The molecule has 0 spiro atoms. The van der Waals surface area contributed by atoms with E-state index in [0.29, 0.717) is 0 Å². The van der Waals surface area contributed by atoms with Gasteiger partial charge in [0.2, 0.25) is 0 Å². The molecule has 0 radical (unpaired) electrons. The number of hydrogen-bond acceptors (Lipinski definition) is 2. The molecule has 0 saturated heterocycles. The summed E-state index contributed by atoms with van der Waals surface area (Å²) in [5, 5.41) is 0. The zero-order valence-corrected chi connectivity index (χ0v) is 9.35. The van der Waals surface area contributed by atoms with Crippen LogP contribution in [0.2, 0.25) is 0 Å². The van der Waals surface area contributed by atoms with E-state index in [-0.39, 0.29) is 0 Å². The SMILES string of the molecule is Cc1ncc(-c2cccc(C3CC3)c2)cn1. The smallest absolute Gasteiger partial charge is 0.125 e. The molecule has 3 rings (SSSR count). The van der Waals surface area contributed by atoms with E-state index in [4.69, 9.17) is 0 Å². The Bertz CT molecular complexity index is 498. The minimum absolute atomic E-state index is 0.798. The van der Waals surface area contributed by atoms with E-state index >= 15 is 0 Å². The molecule has 16 heavy (non-hydrogen) atoms. The number of aryl methyl sites for hydroxylation is 1. The van der Waals surface area contributed by atoms with Crippen molar-refractivity contribution in [1.82, 2.24) is 9.97 Å². The van der Waals surface area contributed by atoms with Crippen molar-refractivity contribution >= 4 is 0 Å². The summed E-state index contributed by atoms with van der Waals surface area (Å²) in [4.78, 5) is 8.47. The number of hydrogen-bond donors (Lipinski definition) is 0. The zero-order valence-electron chi connectivity index (χ0n) is 9.35. The lowest BCUT2D eigenvalue weighted by Gasteiger charge is -2.04. The minimum Gasteiger partial charge on any atom is -0.241 e. The van der Waals surface area contributed by atoms with Gasteiger partial charge in [0.15, 0.2) is 0 Å². The molecule has 1 heterocycles. The summed E-state index contributed by atoms with van der Waals surface area (Å²) in [7, 11) is 0. The highest BCUT2D eigenvalue weighted by Crippen LogP contribution is 2.40. The highest BCUT2D eigenvalue weighted by atomic mass is 14.8. The lowest BCUT2D eigenvalue weighted by atomic mass is 10.0. The van der Waals surface area contributed by atoms with Gasteiger partial charge in [0.1, 0.15) is 5.82 Å². The van der Waals surface area contributed by atoms with Gasteiger partial charge in [-0.1, -0.05) is 24.3 Å². The quantitative estimate of drug-likeness (QED) is 0.759. The Labute approximate surface area is 95.4 Å². The Morgan fingerprint density at radius 1 is 1.06 bits per heavy atom. The van der Waals surface area contributed by atoms with E-state index in [0.717, 1.165) is 17.3 Å². The van der Waals surface area contributed by atoms with Crippen molar-refractivity contribution < 1.29 is 0 Å². The molecular weight excluding hydrogens is 196 g/mol. The molecule has 1 aliphatic carbocycles. The Hall–Kier alpha value is -1.70. The van der Waals surface area contributed by atoms with Crippen LogP contribution in [-0.4, -0.2) is 9.97 Å². The van der Waals surface area contributed by atoms with E-state index in [9.17, 15) is 0 Å². The molecule has 0 atom stereocenters. The summed E-state index contributed by atoms with van der Waals surface area (Å²) in [6, 6.07) is 8.74. The highest BCUT2D eigenvalue weighted by Gasteiger charge is 2.23. The molecule has 1 saturated carbocycles. The van der Waals surface area contributed by atoms with Crippen molar-refractivity contribution in [3.8, 4) is 11.1 Å². The molecule has 1 aromatic heterocycles. The largest absolute Gasteiger partial charge is 0.241 e. The fourth-order valence-electron chi connectivity index (χ4n) is 1.93. The molecule has 0 unspecified atom stereocenters. The van der Waals surface area contributed by atoms with Gasteiger partial charge in [0, 0.05) is 18.0 Å². The van der Waals surface area contributed by atoms with Crippen LogP contribution in [0.1, 0.15) is 30.1 Å². The van der Waals surface area contributed by atoms with Gasteiger partial charge in [-0.2, -0.15) is 0 Å². The lowest BCUT2D eigenvalue weighted by molar-refractivity contribution is 1.05. The van der Waals surface area contributed by atoms with E-state index in [1.165, 1.54) is 24.0 Å². The van der Waals surface area contributed by atoms with Crippen LogP contribution in [-0.2, 0) is 0 Å². The van der Waals surface area contributed by atoms with Crippen molar-refractivity contribution in [2.24, 2.45) is 0 Å². The Morgan fingerprint density at radius 3 is 2.50 bits per heavy atom. The molecule has 1 aliphatic rings. The van der Waals surface area contributed by atoms with Crippen molar-refractivity contribution in [2.45, 2.75) is 25.7 Å². The number of rotatable bonds is 2. The predicted octanol–water partition coefficient (Wildman–Crippen LogP) is 3.33. The molecule has 2 nitrogen and oxygen atoms in total. The van der Waals surface area contributed by atoms with Gasteiger partial charge < -0.3 is 0 Å². The average Bonchev–Trinajstić information content (AvgIpc) is 3.14. The monoisotopic (exact) mass is 210 g/mol. The first kappa shape index (κ1) is 9.52. The van der Waals surface area contributed by atoms with Gasteiger partial charge in [-0.15, -0.1) is 0 Å². The molecule has 80 valence electrons. The van der Waals surface area contributed by atoms with Crippen LogP contribution in [0, 0.1) is 6.92 Å². The highest BCUT2D eigenvalue weighted by molar-refractivity contribution is 5.62. The predicted molar refractivity (Wildman–Crippen MR) is 64.2 cm³/mol. The van der Waals surface area contributed by atoms with E-state index < -0.39 is 0 Å². The van der Waals surface area contributed by atoms with Crippen LogP contribution in [0.25, 0.3) is 11.1 Å². The molecule has 2 aromatic rings. The third-order valence-corrected chi connectivity index (χ3v) is 3.05. The van der Waals surface area contributed by atoms with Gasteiger partial charge >= 0.3 is 0 Å². The topological polar surface area (TPSA) is 25.8 Å². The Morgan fingerprint density at radius 2 is 1.81 bits per heavy atom. The molecule has 0 bridgehead atoms. The fourth-order valence-corrected chi connectivity index (χ4v) is 1.93. The second-order valence-electron chi connectivity index (χ2n) is 4.42. The van der Waals surface area contributed by atoms with Gasteiger partial charge in [-0.3, -0.25) is 0 Å². The van der Waals surface area contributed by atoms with Crippen LogP contribution >= 0.6 is 0 Å². The van der Waals surface area contributed by atoms with Crippen LogP contribution in [0.5, 0.6) is 0 Å². The first-order chi connectivity index (χ1) is 7.83. The van der Waals surface area contributed by atoms with Crippen molar-refractivity contribution in [2.75, 3.05) is 0 Å². The second kappa shape index (κ2) is 3.71. The Balaban J connectivity index is 1.98. The molecule has 1 fully saturated rings. The fraction of sp³-hybridized carbons (Fsp3) is 0.286. The van der Waals surface area contributed by atoms with Crippen molar-refractivity contribution in [3.63, 3.8) is 0 Å². The van der Waals surface area contributed by atoms with Crippen LogP contribution in [0.4, 0.5) is 0 Å². The normalized spacial score (nSPS) is 15.1. The first-order valence-electron chi connectivity index (χ1n) is 5.72. The van der Waals surface area contributed by atoms with Crippen LogP contribution < -0.4 is 0 Å². The minimum atomic E-state index is 0.798. The number of aromatic nitrogens is 2. The first-order valence-corrected chi connectivity index (χ1v) is 5.72. The van der Waals surface area contributed by atoms with E-state index in [2.05, 4.69) is 34.2 Å². The molecular formula is C14H14N2. The summed E-state index contributed by atoms with van der Waals surface area (Å²) in [6.07, 6.45) is 6.48. The summed E-state index contributed by atoms with van der Waals surface area (Å²) >= 11 is 0. The lowest BCUT2D eigenvalue weighted by Crippen LogP contribution is -1.88. The average molecular weight is 210 g/mol. The molecule has 0 aliphatic heterocycles. The summed E-state index contributed by atoms with van der Waals surface area (Å²) in [5.41, 5.74) is 3.79. The third-order valence-electron chi connectivity index (χ3n) is 3.05. The molecule has 0 N–H and O–H groups in total. The molecule has 0 amide bonds. The molecule has 2 heteroatoms. The van der Waals surface area contributed by atoms with Crippen LogP contribution in [0.15, 0.2) is 36.7 Å². The van der Waals surface area contributed by atoms with E-state index in [1.807, 2.05) is 19.3 Å². The maximum atomic E-state index is 4.23. The second-order valence-corrected chi connectivity index (χ2v) is 4.42. The van der Waals surface area contributed by atoms with Crippen molar-refractivity contribution in [3.05, 3.63) is 48.0 Å². The molecule has 1 aromatic carbocycles. The Kier molecular flexibility index (Phi) is 2.21. The van der Waals surface area contributed by atoms with Gasteiger partial charge in [0.05, 0.1) is 0 Å². The maximum absolute atomic E-state index is 4.23. The number of nitrogens with zero attached hydrogens (tertiary/aromatic N) is 2. The van der Waals surface area contributed by atoms with Gasteiger partial charge in [-0.05, 0) is 36.8 Å². The third kappa shape index (κ3) is 1.83. The van der Waals surface area contributed by atoms with E-state index in [1.54, 1.807) is 0 Å². The summed E-state index contributed by atoms with van der Waals surface area (Å²) < 4.78 is 0. The van der Waals surface area contributed by atoms with Crippen LogP contribution in [0.3, 0.4) is 0 Å². The van der Waals surface area contributed by atoms with Crippen molar-refractivity contribution in [1.29, 1.82) is 0 Å². The van der Waals surface area contributed by atoms with Gasteiger partial charge in [0.25, 0.3) is 0 Å². The van der Waals surface area contributed by atoms with Gasteiger partial charge in [-0.25, -0.2) is 9.97 Å².